The Morgan fingerprint density at radius 1 is 1.08 bits per heavy atom. The van der Waals surface area contributed by atoms with E-state index in [1.54, 1.807) is 11.3 Å². The molecule has 0 atom stereocenters. The van der Waals surface area contributed by atoms with E-state index in [2.05, 4.69) is 59.8 Å². The summed E-state index contributed by atoms with van der Waals surface area (Å²) in [4.78, 5) is 10.8. The number of thiazole rings is 1. The average molecular weight is 372 g/mol. The van der Waals surface area contributed by atoms with E-state index in [-0.39, 0.29) is 0 Å². The molecule has 1 N–H and O–H groups in total. The molecule has 0 amide bonds. The minimum Gasteiger partial charge on any atom is -0.359 e. The summed E-state index contributed by atoms with van der Waals surface area (Å²) in [6.07, 6.45) is 2.22. The van der Waals surface area contributed by atoms with Crippen LogP contribution in [0, 0.1) is 20.8 Å². The maximum Gasteiger partial charge on any atom is 0.183 e. The van der Waals surface area contributed by atoms with Crippen molar-refractivity contribution in [2.75, 3.05) is 5.32 Å². The molecule has 0 saturated heterocycles. The van der Waals surface area contributed by atoms with E-state index in [1.165, 1.54) is 5.56 Å². The highest BCUT2D eigenvalue weighted by Crippen LogP contribution is 2.37. The van der Waals surface area contributed by atoms with Gasteiger partial charge in [-0.1, -0.05) is 25.2 Å². The summed E-state index contributed by atoms with van der Waals surface area (Å²) in [5.74, 6) is 0.509. The number of aromatic nitrogens is 4. The molecule has 3 aromatic rings. The summed E-state index contributed by atoms with van der Waals surface area (Å²) in [5, 5.41) is 9.17. The topological polar surface area (TPSA) is 55.1 Å². The number of hydrogen-bond acceptors (Lipinski definition) is 5. The fourth-order valence-corrected chi connectivity index (χ4v) is 4.69. The second kappa shape index (κ2) is 7.35. The van der Waals surface area contributed by atoms with Crippen molar-refractivity contribution in [2.24, 2.45) is 0 Å². The average Bonchev–Trinajstić information content (AvgIpc) is 3.06. The molecule has 0 radical (unpaired) electrons. The van der Waals surface area contributed by atoms with Gasteiger partial charge in [0, 0.05) is 11.6 Å². The van der Waals surface area contributed by atoms with Crippen molar-refractivity contribution >= 4 is 22.1 Å². The van der Waals surface area contributed by atoms with Gasteiger partial charge in [0.05, 0.1) is 22.0 Å². The van der Waals surface area contributed by atoms with Crippen LogP contribution >= 0.6 is 11.3 Å². The number of rotatable bonds is 6. The predicted octanol–water partition coefficient (Wildman–Crippen LogP) is 5.50. The van der Waals surface area contributed by atoms with Gasteiger partial charge in [0.25, 0.3) is 0 Å². The highest BCUT2D eigenvalue weighted by atomic mass is 32.1. The summed E-state index contributed by atoms with van der Waals surface area (Å²) < 4.78 is 2.04. The lowest BCUT2D eigenvalue weighted by Gasteiger charge is -2.14. The molecule has 0 bridgehead atoms. The van der Waals surface area contributed by atoms with Gasteiger partial charge in [-0.15, -0.1) is 0 Å². The first-order valence-corrected chi connectivity index (χ1v) is 10.3. The molecule has 0 aliphatic heterocycles. The van der Waals surface area contributed by atoms with Crippen molar-refractivity contribution in [3.63, 3.8) is 0 Å². The lowest BCUT2D eigenvalue weighted by atomic mass is 9.95. The molecule has 3 heterocycles. The fourth-order valence-electron chi connectivity index (χ4n) is 3.49. The molecular weight excluding hydrogens is 342 g/mol. The molecule has 3 aromatic heterocycles. The zero-order valence-electron chi connectivity index (χ0n) is 16.8. The smallest absolute Gasteiger partial charge is 0.183 e. The minimum atomic E-state index is 0.360. The molecule has 140 valence electrons. The molecule has 26 heavy (non-hydrogen) atoms. The number of nitrogens with one attached hydrogen (secondary N) is 1. The van der Waals surface area contributed by atoms with Crippen LogP contribution in [0.4, 0.5) is 5.13 Å². The number of imidazole rings is 1. The molecular formula is C20H29N5S. The summed E-state index contributed by atoms with van der Waals surface area (Å²) in [6, 6.07) is 2.56. The molecule has 6 heteroatoms. The standard InChI is InChI=1S/C20H29N5S/c1-8-15(9-2)16-10-12(5)24-25-17(13(6)22-19(16)25)18-14(7)23-20(26-18)21-11(3)4/h10-11,15H,8-9H2,1-7H3,(H,21,23). The van der Waals surface area contributed by atoms with E-state index in [9.17, 15) is 0 Å². The quantitative estimate of drug-likeness (QED) is 0.621. The highest BCUT2D eigenvalue weighted by molar-refractivity contribution is 7.19. The van der Waals surface area contributed by atoms with Gasteiger partial charge in [-0.05, 0) is 59.4 Å². The Labute approximate surface area is 159 Å². The zero-order valence-corrected chi connectivity index (χ0v) is 17.7. The van der Waals surface area contributed by atoms with Crippen LogP contribution in [0.25, 0.3) is 16.2 Å². The van der Waals surface area contributed by atoms with Crippen LogP contribution in [0.3, 0.4) is 0 Å². The summed E-state index contributed by atoms with van der Waals surface area (Å²) in [7, 11) is 0. The summed E-state index contributed by atoms with van der Waals surface area (Å²) >= 11 is 1.68. The van der Waals surface area contributed by atoms with Gasteiger partial charge >= 0.3 is 0 Å². The summed E-state index contributed by atoms with van der Waals surface area (Å²) in [6.45, 7) is 14.9. The predicted molar refractivity (Wildman–Crippen MR) is 110 cm³/mol. The monoisotopic (exact) mass is 371 g/mol. The van der Waals surface area contributed by atoms with E-state index in [0.717, 1.165) is 51.3 Å². The lowest BCUT2D eigenvalue weighted by molar-refractivity contribution is 0.638. The first kappa shape index (κ1) is 18.8. The minimum absolute atomic E-state index is 0.360. The van der Waals surface area contributed by atoms with E-state index in [1.807, 2.05) is 4.52 Å². The molecule has 0 spiro atoms. The van der Waals surface area contributed by atoms with Gasteiger partial charge in [-0.3, -0.25) is 0 Å². The second-order valence-electron chi connectivity index (χ2n) is 7.27. The van der Waals surface area contributed by atoms with E-state index in [4.69, 9.17) is 15.1 Å². The molecule has 0 saturated carbocycles. The number of fused-ring (bicyclic) bond motifs is 1. The van der Waals surface area contributed by atoms with Crippen molar-refractivity contribution in [2.45, 2.75) is 73.3 Å². The molecule has 0 aromatic carbocycles. The third-order valence-corrected chi connectivity index (χ3v) is 5.85. The molecule has 0 unspecified atom stereocenters. The zero-order chi connectivity index (χ0) is 19.0. The molecule has 5 nitrogen and oxygen atoms in total. The Balaban J connectivity index is 2.22. The van der Waals surface area contributed by atoms with Crippen molar-refractivity contribution in [3.8, 4) is 10.6 Å². The van der Waals surface area contributed by atoms with E-state index >= 15 is 0 Å². The number of anilines is 1. The Bertz CT molecular complexity index is 918. The second-order valence-corrected chi connectivity index (χ2v) is 8.27. The first-order chi connectivity index (χ1) is 12.3. The largest absolute Gasteiger partial charge is 0.359 e. The Morgan fingerprint density at radius 3 is 2.38 bits per heavy atom. The van der Waals surface area contributed by atoms with Crippen LogP contribution in [-0.2, 0) is 0 Å². The maximum atomic E-state index is 4.92. The third-order valence-electron chi connectivity index (χ3n) is 4.76. The van der Waals surface area contributed by atoms with Crippen molar-refractivity contribution < 1.29 is 0 Å². The van der Waals surface area contributed by atoms with Crippen LogP contribution < -0.4 is 5.32 Å². The normalized spacial score (nSPS) is 11.9. The molecule has 3 rings (SSSR count). The SMILES string of the molecule is CCC(CC)c1cc(C)nn2c(-c3sc(NC(C)C)nc3C)c(C)nc12. The molecule has 0 aliphatic rings. The number of nitrogens with zero attached hydrogens (tertiary/aromatic N) is 4. The van der Waals surface area contributed by atoms with E-state index < -0.39 is 0 Å². The van der Waals surface area contributed by atoms with Gasteiger partial charge in [0.15, 0.2) is 10.8 Å². The van der Waals surface area contributed by atoms with Gasteiger partial charge in [-0.2, -0.15) is 5.10 Å². The lowest BCUT2D eigenvalue weighted by Crippen LogP contribution is -2.08. The molecule has 0 fully saturated rings. The van der Waals surface area contributed by atoms with Crippen LogP contribution in [-0.4, -0.2) is 25.6 Å². The van der Waals surface area contributed by atoms with E-state index in [0.29, 0.717) is 12.0 Å². The van der Waals surface area contributed by atoms with Gasteiger partial charge < -0.3 is 5.32 Å². The van der Waals surface area contributed by atoms with Gasteiger partial charge in [-0.25, -0.2) is 14.5 Å². The van der Waals surface area contributed by atoms with Gasteiger partial charge in [0.1, 0.15) is 5.69 Å². The fraction of sp³-hybridized carbons (Fsp3) is 0.550. The Morgan fingerprint density at radius 2 is 1.77 bits per heavy atom. The highest BCUT2D eigenvalue weighted by Gasteiger charge is 2.22. The maximum absolute atomic E-state index is 4.92. The molecule has 0 aliphatic carbocycles. The van der Waals surface area contributed by atoms with Crippen LogP contribution in [0.2, 0.25) is 0 Å². The van der Waals surface area contributed by atoms with Crippen LogP contribution in [0.15, 0.2) is 6.07 Å². The number of hydrogen-bond donors (Lipinski definition) is 1. The van der Waals surface area contributed by atoms with Gasteiger partial charge in [0.2, 0.25) is 0 Å². The first-order valence-electron chi connectivity index (χ1n) is 9.46. The van der Waals surface area contributed by atoms with Crippen LogP contribution in [0.5, 0.6) is 0 Å². The van der Waals surface area contributed by atoms with Crippen molar-refractivity contribution in [1.82, 2.24) is 19.6 Å². The van der Waals surface area contributed by atoms with Crippen LogP contribution in [0.1, 0.15) is 69.1 Å². The number of aryl methyl sites for hydroxylation is 3. The van der Waals surface area contributed by atoms with Crippen molar-refractivity contribution in [1.29, 1.82) is 0 Å². The third kappa shape index (κ3) is 3.34. The van der Waals surface area contributed by atoms with Crippen molar-refractivity contribution in [3.05, 3.63) is 28.7 Å². The summed E-state index contributed by atoms with van der Waals surface area (Å²) in [5.41, 5.74) is 6.43. The Hall–Kier alpha value is -1.95. The Kier molecular flexibility index (Phi) is 5.32.